The van der Waals surface area contributed by atoms with Gasteiger partial charge in [-0.3, -0.25) is 14.9 Å². The Labute approximate surface area is 200 Å². The molecule has 0 bridgehead atoms. The standard InChI is InChI=1S/C22H23N7O4S/c1-15-13-17(29(31)32)7-8-18(15)24-19(30)14-34-22-26-20(23-16-5-3-2-4-6-16)25-21(27-22)28-9-11-33-12-10-28/h2-8,13H,9-12,14H2,1H3,(H,24,30)(H,23,25,26,27). The molecule has 176 valence electrons. The topological polar surface area (TPSA) is 135 Å². The largest absolute Gasteiger partial charge is 0.378 e. The van der Waals surface area contributed by atoms with Gasteiger partial charge in [0.1, 0.15) is 0 Å². The Hall–Kier alpha value is -3.77. The highest BCUT2D eigenvalue weighted by Crippen LogP contribution is 2.24. The highest BCUT2D eigenvalue weighted by atomic mass is 32.2. The Kier molecular flexibility index (Phi) is 7.50. The average molecular weight is 482 g/mol. The second-order valence-electron chi connectivity index (χ2n) is 7.43. The molecule has 1 saturated heterocycles. The van der Waals surface area contributed by atoms with Crippen molar-refractivity contribution in [3.05, 3.63) is 64.2 Å². The first-order valence-electron chi connectivity index (χ1n) is 10.6. The highest BCUT2D eigenvalue weighted by Gasteiger charge is 2.18. The lowest BCUT2D eigenvalue weighted by Crippen LogP contribution is -2.37. The second-order valence-corrected chi connectivity index (χ2v) is 8.37. The maximum atomic E-state index is 12.5. The Morgan fingerprint density at radius 1 is 1.15 bits per heavy atom. The average Bonchev–Trinajstić information content (AvgIpc) is 2.85. The number of nitrogens with zero attached hydrogens (tertiary/aromatic N) is 5. The molecule has 0 unspecified atom stereocenters. The summed E-state index contributed by atoms with van der Waals surface area (Å²) in [6, 6.07) is 13.9. The number of hydrogen-bond donors (Lipinski definition) is 2. The van der Waals surface area contributed by atoms with Crippen LogP contribution in [0.15, 0.2) is 53.7 Å². The highest BCUT2D eigenvalue weighted by molar-refractivity contribution is 7.99. The summed E-state index contributed by atoms with van der Waals surface area (Å²) in [5.41, 5.74) is 1.94. The van der Waals surface area contributed by atoms with Crippen LogP contribution < -0.4 is 15.5 Å². The zero-order valence-corrected chi connectivity index (χ0v) is 19.2. The van der Waals surface area contributed by atoms with Crippen molar-refractivity contribution < 1.29 is 14.5 Å². The van der Waals surface area contributed by atoms with Crippen molar-refractivity contribution in [2.24, 2.45) is 0 Å². The van der Waals surface area contributed by atoms with Gasteiger partial charge in [0, 0.05) is 36.6 Å². The summed E-state index contributed by atoms with van der Waals surface area (Å²) in [6.07, 6.45) is 0. The molecule has 34 heavy (non-hydrogen) atoms. The molecule has 1 aromatic heterocycles. The van der Waals surface area contributed by atoms with Gasteiger partial charge >= 0.3 is 0 Å². The van der Waals surface area contributed by atoms with Crippen LogP contribution in [0.5, 0.6) is 0 Å². The quantitative estimate of drug-likeness (QED) is 0.280. The Morgan fingerprint density at radius 3 is 2.62 bits per heavy atom. The van der Waals surface area contributed by atoms with Crippen molar-refractivity contribution in [1.82, 2.24) is 15.0 Å². The van der Waals surface area contributed by atoms with Gasteiger partial charge in [-0.05, 0) is 30.7 Å². The van der Waals surface area contributed by atoms with E-state index in [4.69, 9.17) is 4.74 Å². The van der Waals surface area contributed by atoms with Crippen LogP contribution in [0.1, 0.15) is 5.56 Å². The Balaban J connectivity index is 1.47. The molecule has 11 nitrogen and oxygen atoms in total. The summed E-state index contributed by atoms with van der Waals surface area (Å²) in [5, 5.41) is 17.3. The molecule has 0 spiro atoms. The predicted molar refractivity (Wildman–Crippen MR) is 130 cm³/mol. The third-order valence-electron chi connectivity index (χ3n) is 4.95. The molecule has 0 aliphatic carbocycles. The summed E-state index contributed by atoms with van der Waals surface area (Å²) in [5.74, 6) is 0.698. The molecular formula is C22H23N7O4S. The number of aromatic nitrogens is 3. The van der Waals surface area contributed by atoms with E-state index in [0.29, 0.717) is 54.6 Å². The van der Waals surface area contributed by atoms with Gasteiger partial charge in [0.15, 0.2) is 5.16 Å². The van der Waals surface area contributed by atoms with E-state index in [0.717, 1.165) is 5.69 Å². The molecule has 1 amide bonds. The predicted octanol–water partition coefficient (Wildman–Crippen LogP) is 3.40. The van der Waals surface area contributed by atoms with Crippen LogP contribution in [0.25, 0.3) is 0 Å². The summed E-state index contributed by atoms with van der Waals surface area (Å²) in [7, 11) is 0. The summed E-state index contributed by atoms with van der Waals surface area (Å²) >= 11 is 1.18. The number of nitro benzene ring substituents is 1. The van der Waals surface area contributed by atoms with Crippen LogP contribution in [-0.2, 0) is 9.53 Å². The summed E-state index contributed by atoms with van der Waals surface area (Å²) in [4.78, 5) is 38.6. The lowest BCUT2D eigenvalue weighted by Gasteiger charge is -2.27. The van der Waals surface area contributed by atoms with E-state index in [1.54, 1.807) is 6.92 Å². The van der Waals surface area contributed by atoms with Gasteiger partial charge in [-0.2, -0.15) is 15.0 Å². The fourth-order valence-corrected chi connectivity index (χ4v) is 3.87. The maximum absolute atomic E-state index is 12.5. The van der Waals surface area contributed by atoms with Gasteiger partial charge in [-0.25, -0.2) is 0 Å². The number of carbonyl (C=O) groups excluding carboxylic acids is 1. The van der Waals surface area contributed by atoms with Crippen LogP contribution >= 0.6 is 11.8 Å². The first-order chi connectivity index (χ1) is 16.5. The molecule has 2 aromatic carbocycles. The van der Waals surface area contributed by atoms with Crippen molar-refractivity contribution in [3.8, 4) is 0 Å². The number of anilines is 4. The number of non-ortho nitro benzene ring substituents is 1. The van der Waals surface area contributed by atoms with E-state index in [1.165, 1.54) is 30.0 Å². The molecule has 12 heteroatoms. The first kappa shape index (κ1) is 23.4. The van der Waals surface area contributed by atoms with Crippen molar-refractivity contribution in [2.45, 2.75) is 12.1 Å². The second kappa shape index (κ2) is 10.9. The van der Waals surface area contributed by atoms with E-state index in [1.807, 2.05) is 35.2 Å². The van der Waals surface area contributed by atoms with Gasteiger partial charge < -0.3 is 20.3 Å². The van der Waals surface area contributed by atoms with Gasteiger partial charge in [0.05, 0.1) is 23.9 Å². The molecule has 0 radical (unpaired) electrons. The normalized spacial score (nSPS) is 13.4. The minimum absolute atomic E-state index is 0.0239. The van der Waals surface area contributed by atoms with Crippen LogP contribution in [0, 0.1) is 17.0 Å². The number of morpholine rings is 1. The number of para-hydroxylation sites is 1. The van der Waals surface area contributed by atoms with Crippen molar-refractivity contribution >= 4 is 46.6 Å². The fourth-order valence-electron chi connectivity index (χ4n) is 3.24. The van der Waals surface area contributed by atoms with Gasteiger partial charge in [0.25, 0.3) is 5.69 Å². The number of ether oxygens (including phenoxy) is 1. The van der Waals surface area contributed by atoms with Crippen LogP contribution in [-0.4, -0.2) is 57.8 Å². The number of aryl methyl sites for hydroxylation is 1. The molecule has 2 heterocycles. The first-order valence-corrected chi connectivity index (χ1v) is 11.5. The van der Waals surface area contributed by atoms with E-state index < -0.39 is 4.92 Å². The third-order valence-corrected chi connectivity index (χ3v) is 5.80. The number of nitro groups is 1. The molecule has 2 N–H and O–H groups in total. The minimum atomic E-state index is -0.470. The van der Waals surface area contributed by atoms with Crippen molar-refractivity contribution in [1.29, 1.82) is 0 Å². The SMILES string of the molecule is Cc1cc([N+](=O)[O-])ccc1NC(=O)CSc1nc(Nc2ccccc2)nc(N2CCOCC2)n1. The van der Waals surface area contributed by atoms with Crippen LogP contribution in [0.3, 0.4) is 0 Å². The van der Waals surface area contributed by atoms with Crippen molar-refractivity contribution in [2.75, 3.05) is 47.6 Å². The molecule has 0 atom stereocenters. The third kappa shape index (κ3) is 6.17. The van der Waals surface area contributed by atoms with Crippen LogP contribution in [0.2, 0.25) is 0 Å². The number of amides is 1. The molecule has 3 aromatic rings. The number of thioether (sulfide) groups is 1. The lowest BCUT2D eigenvalue weighted by molar-refractivity contribution is -0.384. The number of carbonyl (C=O) groups is 1. The van der Waals surface area contributed by atoms with Gasteiger partial charge in [-0.1, -0.05) is 30.0 Å². The van der Waals surface area contributed by atoms with Crippen molar-refractivity contribution in [3.63, 3.8) is 0 Å². The molecule has 0 saturated carbocycles. The summed E-state index contributed by atoms with van der Waals surface area (Å²) < 4.78 is 5.42. The number of benzene rings is 2. The zero-order chi connectivity index (χ0) is 23.9. The maximum Gasteiger partial charge on any atom is 0.269 e. The number of hydrogen-bond acceptors (Lipinski definition) is 10. The molecular weight excluding hydrogens is 458 g/mol. The minimum Gasteiger partial charge on any atom is -0.378 e. The van der Waals surface area contributed by atoms with E-state index in [9.17, 15) is 14.9 Å². The van der Waals surface area contributed by atoms with E-state index in [-0.39, 0.29) is 17.3 Å². The van der Waals surface area contributed by atoms with Crippen LogP contribution in [0.4, 0.5) is 29.0 Å². The molecule has 1 aliphatic rings. The molecule has 4 rings (SSSR count). The smallest absolute Gasteiger partial charge is 0.269 e. The van der Waals surface area contributed by atoms with Gasteiger partial charge in [0.2, 0.25) is 17.8 Å². The Morgan fingerprint density at radius 2 is 1.91 bits per heavy atom. The number of rotatable bonds is 8. The van der Waals surface area contributed by atoms with E-state index >= 15 is 0 Å². The number of nitrogens with one attached hydrogen (secondary N) is 2. The molecule has 1 fully saturated rings. The van der Waals surface area contributed by atoms with E-state index in [2.05, 4.69) is 25.6 Å². The van der Waals surface area contributed by atoms with Gasteiger partial charge in [-0.15, -0.1) is 0 Å². The molecule has 1 aliphatic heterocycles. The Bertz CT molecular complexity index is 1170. The lowest BCUT2D eigenvalue weighted by atomic mass is 10.2. The monoisotopic (exact) mass is 481 g/mol. The zero-order valence-electron chi connectivity index (χ0n) is 18.4. The summed E-state index contributed by atoms with van der Waals surface area (Å²) in [6.45, 7) is 4.22. The fraction of sp³-hybridized carbons (Fsp3) is 0.273.